The zero-order valence-electron chi connectivity index (χ0n) is 11.7. The standard InChI is InChI=1S/C16H21N3O/c1-2-4-16-15(3-1)18-11-19(16)10-14-8-7-13(20-14)9-17-12-5-6-12/h1-4,11-14,17H,5-10H2. The first-order valence-electron chi connectivity index (χ1n) is 7.67. The van der Waals surface area contributed by atoms with Gasteiger partial charge in [-0.15, -0.1) is 0 Å². The van der Waals surface area contributed by atoms with Gasteiger partial charge in [-0.3, -0.25) is 0 Å². The van der Waals surface area contributed by atoms with Gasteiger partial charge in [0.1, 0.15) is 0 Å². The van der Waals surface area contributed by atoms with Gasteiger partial charge in [-0.2, -0.15) is 0 Å². The van der Waals surface area contributed by atoms with Gasteiger partial charge < -0.3 is 14.6 Å². The lowest BCUT2D eigenvalue weighted by atomic mass is 10.2. The molecule has 1 aromatic heterocycles. The predicted octanol–water partition coefficient (Wildman–Crippen LogP) is 2.34. The molecule has 0 radical (unpaired) electrons. The average molecular weight is 271 g/mol. The molecule has 20 heavy (non-hydrogen) atoms. The normalized spacial score (nSPS) is 26.4. The number of nitrogens with zero attached hydrogens (tertiary/aromatic N) is 2. The summed E-state index contributed by atoms with van der Waals surface area (Å²) in [4.78, 5) is 4.44. The van der Waals surface area contributed by atoms with E-state index in [1.54, 1.807) is 0 Å². The summed E-state index contributed by atoms with van der Waals surface area (Å²) >= 11 is 0. The molecule has 0 spiro atoms. The fourth-order valence-corrected chi connectivity index (χ4v) is 3.03. The van der Waals surface area contributed by atoms with Crippen LogP contribution in [0.4, 0.5) is 0 Å². The minimum atomic E-state index is 0.332. The summed E-state index contributed by atoms with van der Waals surface area (Å²) in [6, 6.07) is 9.06. The summed E-state index contributed by atoms with van der Waals surface area (Å²) in [6.07, 6.45) is 7.69. The van der Waals surface area contributed by atoms with Crippen LogP contribution < -0.4 is 5.32 Å². The summed E-state index contributed by atoms with van der Waals surface area (Å²) < 4.78 is 8.37. The van der Waals surface area contributed by atoms with E-state index in [2.05, 4.69) is 33.1 Å². The Hall–Kier alpha value is -1.39. The van der Waals surface area contributed by atoms with Gasteiger partial charge in [0.15, 0.2) is 0 Å². The molecule has 0 amide bonds. The third-order valence-corrected chi connectivity index (χ3v) is 4.33. The minimum absolute atomic E-state index is 0.332. The van der Waals surface area contributed by atoms with Gasteiger partial charge in [-0.1, -0.05) is 12.1 Å². The molecule has 1 N–H and O–H groups in total. The molecule has 2 aliphatic rings. The summed E-state index contributed by atoms with van der Waals surface area (Å²) in [6.45, 7) is 1.94. The second-order valence-corrected chi connectivity index (χ2v) is 6.03. The van der Waals surface area contributed by atoms with Gasteiger partial charge in [-0.25, -0.2) is 4.98 Å². The molecule has 0 bridgehead atoms. The number of nitrogens with one attached hydrogen (secondary N) is 1. The maximum Gasteiger partial charge on any atom is 0.0959 e. The Balaban J connectivity index is 1.37. The Bertz CT molecular complexity index is 590. The number of para-hydroxylation sites is 2. The molecule has 106 valence electrons. The Labute approximate surface area is 119 Å². The SMILES string of the molecule is c1ccc2c(c1)ncn2CC1CCC(CNC2CC2)O1. The van der Waals surface area contributed by atoms with Crippen molar-refractivity contribution in [2.75, 3.05) is 6.54 Å². The lowest BCUT2D eigenvalue weighted by Crippen LogP contribution is -2.29. The maximum absolute atomic E-state index is 6.15. The van der Waals surface area contributed by atoms with Crippen LogP contribution in [-0.2, 0) is 11.3 Å². The first-order valence-corrected chi connectivity index (χ1v) is 7.67. The van der Waals surface area contributed by atoms with Gasteiger partial charge in [-0.05, 0) is 37.8 Å². The predicted molar refractivity (Wildman–Crippen MR) is 78.7 cm³/mol. The Morgan fingerprint density at radius 1 is 1.15 bits per heavy atom. The van der Waals surface area contributed by atoms with Gasteiger partial charge in [0.2, 0.25) is 0 Å². The van der Waals surface area contributed by atoms with E-state index in [4.69, 9.17) is 4.74 Å². The van der Waals surface area contributed by atoms with Crippen molar-refractivity contribution in [2.45, 2.75) is 50.5 Å². The zero-order valence-corrected chi connectivity index (χ0v) is 11.7. The molecule has 4 nitrogen and oxygen atoms in total. The molecular formula is C16H21N3O. The molecule has 1 saturated carbocycles. The molecule has 4 heteroatoms. The van der Waals surface area contributed by atoms with E-state index in [0.29, 0.717) is 12.2 Å². The lowest BCUT2D eigenvalue weighted by molar-refractivity contribution is 0.0365. The molecule has 1 saturated heterocycles. The van der Waals surface area contributed by atoms with Crippen molar-refractivity contribution in [1.82, 2.24) is 14.9 Å². The lowest BCUT2D eigenvalue weighted by Gasteiger charge is -2.15. The van der Waals surface area contributed by atoms with Gasteiger partial charge in [0.25, 0.3) is 0 Å². The van der Waals surface area contributed by atoms with Gasteiger partial charge in [0, 0.05) is 12.6 Å². The van der Waals surface area contributed by atoms with Crippen LogP contribution in [0, 0.1) is 0 Å². The number of hydrogen-bond donors (Lipinski definition) is 1. The Kier molecular flexibility index (Phi) is 3.20. The summed E-state index contributed by atoms with van der Waals surface area (Å²) in [5.74, 6) is 0. The first kappa shape index (κ1) is 12.4. The highest BCUT2D eigenvalue weighted by Crippen LogP contribution is 2.24. The number of rotatable bonds is 5. The van der Waals surface area contributed by atoms with Crippen LogP contribution in [0.2, 0.25) is 0 Å². The maximum atomic E-state index is 6.15. The van der Waals surface area contributed by atoms with E-state index in [0.717, 1.165) is 31.1 Å². The summed E-state index contributed by atoms with van der Waals surface area (Å²) in [7, 11) is 0. The molecule has 2 aromatic rings. The van der Waals surface area contributed by atoms with Crippen LogP contribution in [0.5, 0.6) is 0 Å². The zero-order chi connectivity index (χ0) is 13.4. The van der Waals surface area contributed by atoms with Crippen molar-refractivity contribution >= 4 is 11.0 Å². The molecule has 1 aliphatic heterocycles. The van der Waals surface area contributed by atoms with Crippen LogP contribution in [0.15, 0.2) is 30.6 Å². The van der Waals surface area contributed by atoms with Crippen molar-refractivity contribution in [3.05, 3.63) is 30.6 Å². The third kappa shape index (κ3) is 2.58. The molecule has 1 aliphatic carbocycles. The van der Waals surface area contributed by atoms with Crippen LogP contribution in [0.3, 0.4) is 0 Å². The van der Waals surface area contributed by atoms with Crippen molar-refractivity contribution in [3.8, 4) is 0 Å². The summed E-state index contributed by atoms with van der Waals surface area (Å²) in [5, 5.41) is 3.56. The van der Waals surface area contributed by atoms with E-state index < -0.39 is 0 Å². The topological polar surface area (TPSA) is 39.1 Å². The van der Waals surface area contributed by atoms with Gasteiger partial charge >= 0.3 is 0 Å². The fraction of sp³-hybridized carbons (Fsp3) is 0.562. The fourth-order valence-electron chi connectivity index (χ4n) is 3.03. The Morgan fingerprint density at radius 3 is 2.90 bits per heavy atom. The Morgan fingerprint density at radius 2 is 2.00 bits per heavy atom. The molecular weight excluding hydrogens is 250 g/mol. The van der Waals surface area contributed by atoms with Crippen LogP contribution in [-0.4, -0.2) is 34.3 Å². The largest absolute Gasteiger partial charge is 0.372 e. The molecule has 2 atom stereocenters. The highest BCUT2D eigenvalue weighted by molar-refractivity contribution is 5.74. The molecule has 2 unspecified atom stereocenters. The number of aromatic nitrogens is 2. The van der Waals surface area contributed by atoms with Gasteiger partial charge in [0.05, 0.1) is 36.1 Å². The highest BCUT2D eigenvalue weighted by atomic mass is 16.5. The van der Waals surface area contributed by atoms with Crippen molar-refractivity contribution < 1.29 is 4.74 Å². The van der Waals surface area contributed by atoms with Crippen LogP contribution in [0.25, 0.3) is 11.0 Å². The minimum Gasteiger partial charge on any atom is -0.372 e. The quantitative estimate of drug-likeness (QED) is 0.907. The van der Waals surface area contributed by atoms with E-state index in [1.165, 1.54) is 24.8 Å². The van der Waals surface area contributed by atoms with E-state index in [1.807, 2.05) is 12.4 Å². The van der Waals surface area contributed by atoms with Crippen molar-refractivity contribution in [1.29, 1.82) is 0 Å². The number of fused-ring (bicyclic) bond motifs is 1. The average Bonchev–Trinajstić information content (AvgIpc) is 3.06. The van der Waals surface area contributed by atoms with Crippen LogP contribution >= 0.6 is 0 Å². The molecule has 2 fully saturated rings. The smallest absolute Gasteiger partial charge is 0.0959 e. The van der Waals surface area contributed by atoms with Crippen molar-refractivity contribution in [2.24, 2.45) is 0 Å². The number of imidazole rings is 1. The van der Waals surface area contributed by atoms with Crippen molar-refractivity contribution in [3.63, 3.8) is 0 Å². The van der Waals surface area contributed by atoms with E-state index >= 15 is 0 Å². The number of benzene rings is 1. The molecule has 1 aromatic carbocycles. The summed E-state index contributed by atoms with van der Waals surface area (Å²) in [5.41, 5.74) is 2.27. The molecule has 4 rings (SSSR count). The number of hydrogen-bond acceptors (Lipinski definition) is 3. The molecule has 2 heterocycles. The number of ether oxygens (including phenoxy) is 1. The van der Waals surface area contributed by atoms with Crippen LogP contribution in [0.1, 0.15) is 25.7 Å². The third-order valence-electron chi connectivity index (χ3n) is 4.33. The first-order chi connectivity index (χ1) is 9.88. The second-order valence-electron chi connectivity index (χ2n) is 6.03. The monoisotopic (exact) mass is 271 g/mol. The van der Waals surface area contributed by atoms with E-state index in [-0.39, 0.29) is 0 Å². The second kappa shape index (κ2) is 5.19. The highest BCUT2D eigenvalue weighted by Gasteiger charge is 2.28. The van der Waals surface area contributed by atoms with E-state index in [9.17, 15) is 0 Å².